The molecule has 0 aromatic heterocycles. The Morgan fingerprint density at radius 3 is 1.56 bits per heavy atom. The molecule has 0 N–H and O–H groups in total. The van der Waals surface area contributed by atoms with Crippen LogP contribution < -0.4 is 4.90 Å². The third kappa shape index (κ3) is 6.02. The van der Waals surface area contributed by atoms with E-state index in [0.717, 1.165) is 17.1 Å². The first-order valence-electron chi connectivity index (χ1n) is 23.9. The molecular formula is C67H49N. The topological polar surface area (TPSA) is 3.24 Å². The molecule has 0 fully saturated rings. The SMILES string of the molecule is CC1(C)c2ccccc2-c2cccc(-c3ccccc3N(c3ccc(-c4ccc5c(c4)C(C)(c4ccccc4)c4ccccc4-5)cc3)c3ccc(-c4cc5ccccc5c5ccccc45)cc3)c21. The van der Waals surface area contributed by atoms with Crippen LogP contribution >= 0.6 is 0 Å². The van der Waals surface area contributed by atoms with Gasteiger partial charge in [0.1, 0.15) is 0 Å². The van der Waals surface area contributed by atoms with Crippen LogP contribution in [0.4, 0.5) is 17.1 Å². The third-order valence-electron chi connectivity index (χ3n) is 15.3. The summed E-state index contributed by atoms with van der Waals surface area (Å²) in [4.78, 5) is 2.46. The van der Waals surface area contributed by atoms with Gasteiger partial charge in [0.2, 0.25) is 0 Å². The predicted molar refractivity (Wildman–Crippen MR) is 287 cm³/mol. The molecule has 1 atom stereocenters. The van der Waals surface area contributed by atoms with Gasteiger partial charge in [0.25, 0.3) is 0 Å². The zero-order chi connectivity index (χ0) is 45.6. The molecule has 2 aliphatic carbocycles. The maximum Gasteiger partial charge on any atom is 0.0540 e. The van der Waals surface area contributed by atoms with Gasteiger partial charge in [-0.1, -0.05) is 214 Å². The van der Waals surface area contributed by atoms with E-state index in [1.807, 2.05) is 0 Å². The lowest BCUT2D eigenvalue weighted by Gasteiger charge is -2.30. The number of rotatable bonds is 7. The van der Waals surface area contributed by atoms with Crippen LogP contribution in [-0.2, 0) is 10.8 Å². The molecule has 1 nitrogen and oxygen atoms in total. The normalized spacial score (nSPS) is 15.2. The van der Waals surface area contributed by atoms with Crippen LogP contribution in [0.5, 0.6) is 0 Å². The quantitative estimate of drug-likeness (QED) is 0.144. The van der Waals surface area contributed by atoms with Crippen molar-refractivity contribution in [2.75, 3.05) is 4.90 Å². The standard InChI is InChI=1S/C67H49N/c1-66(2)61-29-14-11-25-55(61)58-27-17-28-59(65(58)66)57-26-13-16-31-64(57)68(50-39-34-45(35-40-50)60-42-47-18-7-8-21-51(47)52-22-9-10-23-53(52)60)49-37-32-44(33-38-49)46-36-41-56-54-24-12-15-30-62(54)67(3,63(56)43-46)48-19-5-4-6-20-48/h4-43H,1-3H3. The maximum absolute atomic E-state index is 2.46. The monoisotopic (exact) mass is 867 g/mol. The lowest BCUT2D eigenvalue weighted by Crippen LogP contribution is -2.22. The molecule has 0 saturated heterocycles. The fourth-order valence-electron chi connectivity index (χ4n) is 12.0. The molecular weight excluding hydrogens is 819 g/mol. The Hall–Kier alpha value is -8.26. The summed E-state index contributed by atoms with van der Waals surface area (Å²) in [5, 5.41) is 5.07. The van der Waals surface area contributed by atoms with Crippen LogP contribution in [0.3, 0.4) is 0 Å². The van der Waals surface area contributed by atoms with Gasteiger partial charge in [-0.05, 0) is 149 Å². The second-order valence-corrected chi connectivity index (χ2v) is 19.3. The van der Waals surface area contributed by atoms with Crippen molar-refractivity contribution in [3.8, 4) is 55.6 Å². The molecule has 1 unspecified atom stereocenters. The highest BCUT2D eigenvalue weighted by atomic mass is 15.1. The van der Waals surface area contributed by atoms with Gasteiger partial charge in [-0.25, -0.2) is 0 Å². The summed E-state index contributed by atoms with van der Waals surface area (Å²) >= 11 is 0. The molecule has 1 heteroatoms. The summed E-state index contributed by atoms with van der Waals surface area (Å²) in [5.41, 5.74) is 22.3. The smallest absolute Gasteiger partial charge is 0.0540 e. The largest absolute Gasteiger partial charge is 0.310 e. The molecule has 13 rings (SSSR count). The van der Waals surface area contributed by atoms with Crippen molar-refractivity contribution in [3.05, 3.63) is 270 Å². The van der Waals surface area contributed by atoms with Crippen LogP contribution in [-0.4, -0.2) is 0 Å². The van der Waals surface area contributed by atoms with Gasteiger partial charge in [0.05, 0.1) is 5.69 Å². The molecule has 0 radical (unpaired) electrons. The first-order chi connectivity index (χ1) is 33.4. The Bertz CT molecular complexity index is 3770. The van der Waals surface area contributed by atoms with Gasteiger partial charge >= 0.3 is 0 Å². The van der Waals surface area contributed by atoms with Crippen LogP contribution in [0, 0.1) is 0 Å². The van der Waals surface area contributed by atoms with Gasteiger partial charge in [-0.15, -0.1) is 0 Å². The molecule has 68 heavy (non-hydrogen) atoms. The molecule has 0 bridgehead atoms. The average molecular weight is 868 g/mol. The highest BCUT2D eigenvalue weighted by molar-refractivity contribution is 6.14. The van der Waals surface area contributed by atoms with Gasteiger partial charge in [0, 0.05) is 27.8 Å². The molecule has 0 spiro atoms. The molecule has 0 heterocycles. The van der Waals surface area contributed by atoms with E-state index in [9.17, 15) is 0 Å². The second kappa shape index (κ2) is 15.4. The number of anilines is 3. The first kappa shape index (κ1) is 40.1. The summed E-state index contributed by atoms with van der Waals surface area (Å²) in [6, 6.07) is 90.2. The zero-order valence-electron chi connectivity index (χ0n) is 38.5. The molecule has 2 aliphatic rings. The Morgan fingerprint density at radius 1 is 0.309 bits per heavy atom. The number of nitrogens with zero attached hydrogens (tertiary/aromatic N) is 1. The van der Waals surface area contributed by atoms with E-state index in [-0.39, 0.29) is 10.8 Å². The fraction of sp³-hybridized carbons (Fsp3) is 0.0746. The van der Waals surface area contributed by atoms with Crippen LogP contribution in [0.1, 0.15) is 48.6 Å². The minimum atomic E-state index is -0.261. The molecule has 322 valence electrons. The lowest BCUT2D eigenvalue weighted by atomic mass is 9.74. The van der Waals surface area contributed by atoms with Crippen molar-refractivity contribution >= 4 is 38.6 Å². The van der Waals surface area contributed by atoms with E-state index >= 15 is 0 Å². The average Bonchev–Trinajstić information content (AvgIpc) is 3.80. The summed E-state index contributed by atoms with van der Waals surface area (Å²) in [5.74, 6) is 0. The van der Waals surface area contributed by atoms with Crippen molar-refractivity contribution < 1.29 is 0 Å². The van der Waals surface area contributed by atoms with E-state index in [1.165, 1.54) is 105 Å². The molecule has 11 aromatic rings. The molecule has 11 aromatic carbocycles. The van der Waals surface area contributed by atoms with E-state index in [1.54, 1.807) is 0 Å². The van der Waals surface area contributed by atoms with Crippen molar-refractivity contribution in [1.82, 2.24) is 0 Å². The molecule has 0 saturated carbocycles. The van der Waals surface area contributed by atoms with Crippen LogP contribution in [0.2, 0.25) is 0 Å². The summed E-state index contributed by atoms with van der Waals surface area (Å²) in [6.07, 6.45) is 0. The Morgan fingerprint density at radius 2 is 0.824 bits per heavy atom. The lowest BCUT2D eigenvalue weighted by molar-refractivity contribution is 0.662. The van der Waals surface area contributed by atoms with Gasteiger partial charge < -0.3 is 4.90 Å². The second-order valence-electron chi connectivity index (χ2n) is 19.3. The van der Waals surface area contributed by atoms with Gasteiger partial charge in [-0.3, -0.25) is 0 Å². The Labute approximate surface area is 399 Å². The molecule has 0 amide bonds. The fourth-order valence-corrected chi connectivity index (χ4v) is 12.0. The number of fused-ring (bicyclic) bond motifs is 9. The highest BCUT2D eigenvalue weighted by Gasteiger charge is 2.41. The number of hydrogen-bond donors (Lipinski definition) is 0. The molecule has 0 aliphatic heterocycles. The number of para-hydroxylation sites is 1. The van der Waals surface area contributed by atoms with Crippen molar-refractivity contribution in [3.63, 3.8) is 0 Å². The van der Waals surface area contributed by atoms with E-state index in [0.29, 0.717) is 0 Å². The Kier molecular flexibility index (Phi) is 9.07. The van der Waals surface area contributed by atoms with Gasteiger partial charge in [-0.2, -0.15) is 0 Å². The summed E-state index contributed by atoms with van der Waals surface area (Å²) < 4.78 is 0. The predicted octanol–water partition coefficient (Wildman–Crippen LogP) is 18.1. The minimum absolute atomic E-state index is 0.166. The van der Waals surface area contributed by atoms with E-state index in [2.05, 4.69) is 268 Å². The van der Waals surface area contributed by atoms with E-state index in [4.69, 9.17) is 0 Å². The van der Waals surface area contributed by atoms with Crippen LogP contribution in [0.25, 0.3) is 77.2 Å². The zero-order valence-corrected chi connectivity index (χ0v) is 38.5. The highest BCUT2D eigenvalue weighted by Crippen LogP contribution is 2.55. The van der Waals surface area contributed by atoms with Gasteiger partial charge in [0.15, 0.2) is 0 Å². The van der Waals surface area contributed by atoms with Crippen molar-refractivity contribution in [2.45, 2.75) is 31.6 Å². The van der Waals surface area contributed by atoms with Crippen molar-refractivity contribution in [1.29, 1.82) is 0 Å². The van der Waals surface area contributed by atoms with E-state index < -0.39 is 0 Å². The number of hydrogen-bond acceptors (Lipinski definition) is 1. The third-order valence-corrected chi connectivity index (χ3v) is 15.3. The maximum atomic E-state index is 2.46. The Balaban J connectivity index is 0.955. The summed E-state index contributed by atoms with van der Waals surface area (Å²) in [7, 11) is 0. The minimum Gasteiger partial charge on any atom is -0.310 e. The number of benzene rings is 11. The summed E-state index contributed by atoms with van der Waals surface area (Å²) in [6.45, 7) is 7.16. The van der Waals surface area contributed by atoms with Crippen molar-refractivity contribution in [2.24, 2.45) is 0 Å². The van der Waals surface area contributed by atoms with Crippen LogP contribution in [0.15, 0.2) is 243 Å². The first-order valence-corrected chi connectivity index (χ1v) is 23.9.